The number of ketones is 1. The lowest BCUT2D eigenvalue weighted by Gasteiger charge is -2.36. The van der Waals surface area contributed by atoms with E-state index in [9.17, 15) is 13.2 Å². The van der Waals surface area contributed by atoms with E-state index in [0.717, 1.165) is 35.6 Å². The third kappa shape index (κ3) is 3.87. The Hall–Kier alpha value is -2.98. The average molecular weight is 499 g/mol. The third-order valence-corrected chi connectivity index (χ3v) is 9.98. The lowest BCUT2D eigenvalue weighted by atomic mass is 9.67. The highest BCUT2D eigenvalue weighted by atomic mass is 32.2. The predicted octanol–water partition coefficient (Wildman–Crippen LogP) is 5.73. The van der Waals surface area contributed by atoms with Crippen molar-refractivity contribution < 1.29 is 13.2 Å². The number of carbonyl (C=O) groups is 1. The van der Waals surface area contributed by atoms with Gasteiger partial charge in [0, 0.05) is 11.5 Å². The number of hydrogen-bond acceptors (Lipinski definition) is 3. The van der Waals surface area contributed by atoms with Gasteiger partial charge < -0.3 is 0 Å². The molecule has 2 aromatic carbocycles. The number of sulfone groups is 1. The van der Waals surface area contributed by atoms with Crippen LogP contribution in [0.15, 0.2) is 77.9 Å². The molecule has 0 amide bonds. The van der Waals surface area contributed by atoms with Gasteiger partial charge in [-0.15, -0.1) is 0 Å². The maximum Gasteiger partial charge on any atom is 0.187 e. The molecule has 36 heavy (non-hydrogen) atoms. The fourth-order valence-corrected chi connectivity index (χ4v) is 7.49. The number of hydrogen-bond donors (Lipinski definition) is 0. The van der Waals surface area contributed by atoms with Gasteiger partial charge in [-0.05, 0) is 81.5 Å². The Balaban J connectivity index is 1.86. The molecule has 3 nitrogen and oxygen atoms in total. The molecule has 0 spiro atoms. The summed E-state index contributed by atoms with van der Waals surface area (Å²) in [6.07, 6.45) is 10.6. The van der Waals surface area contributed by atoms with Crippen molar-refractivity contribution in [2.24, 2.45) is 5.92 Å². The summed E-state index contributed by atoms with van der Waals surface area (Å²) in [4.78, 5) is 14.1. The fraction of sp³-hybridized carbons (Fsp3) is 0.344. The molecule has 0 bridgehead atoms. The second-order valence-electron chi connectivity index (χ2n) is 10.1. The Morgan fingerprint density at radius 2 is 1.72 bits per heavy atom. The van der Waals surface area contributed by atoms with E-state index in [2.05, 4.69) is 57.2 Å². The predicted molar refractivity (Wildman–Crippen MR) is 148 cm³/mol. The zero-order chi connectivity index (χ0) is 25.6. The van der Waals surface area contributed by atoms with Crippen molar-refractivity contribution in [3.63, 3.8) is 0 Å². The monoisotopic (exact) mass is 498 g/mol. The minimum Gasteiger partial charge on any atom is -0.289 e. The molecular formula is C32H34O3S. The average Bonchev–Trinajstić information content (AvgIpc) is 2.89. The molecule has 4 heteroatoms. The Morgan fingerprint density at radius 1 is 1.00 bits per heavy atom. The van der Waals surface area contributed by atoms with E-state index in [1.807, 2.05) is 24.3 Å². The molecule has 5 rings (SSSR count). The molecule has 3 aliphatic rings. The molecular weight excluding hydrogens is 464 g/mol. The zero-order valence-corrected chi connectivity index (χ0v) is 22.4. The first-order chi connectivity index (χ1) is 17.3. The van der Waals surface area contributed by atoms with Gasteiger partial charge in [0.1, 0.15) is 0 Å². The summed E-state index contributed by atoms with van der Waals surface area (Å²) in [6, 6.07) is 14.6. The van der Waals surface area contributed by atoms with Crippen LogP contribution in [-0.2, 0) is 9.84 Å². The quantitative estimate of drug-likeness (QED) is 0.511. The molecule has 2 aromatic rings. The van der Waals surface area contributed by atoms with Gasteiger partial charge in [0.15, 0.2) is 15.6 Å². The highest BCUT2D eigenvalue weighted by Crippen LogP contribution is 2.46. The van der Waals surface area contributed by atoms with Crippen LogP contribution in [0.25, 0.3) is 10.5 Å². The van der Waals surface area contributed by atoms with Crippen LogP contribution in [0.1, 0.15) is 80.3 Å². The van der Waals surface area contributed by atoms with Crippen molar-refractivity contribution in [3.8, 4) is 0 Å². The van der Waals surface area contributed by atoms with Gasteiger partial charge in [-0.25, -0.2) is 8.42 Å². The van der Waals surface area contributed by atoms with Gasteiger partial charge in [0.05, 0.1) is 10.7 Å². The Bertz CT molecular complexity index is 1550. The van der Waals surface area contributed by atoms with Gasteiger partial charge in [-0.3, -0.25) is 4.79 Å². The molecule has 0 aliphatic heterocycles. The van der Waals surface area contributed by atoms with Crippen LogP contribution < -0.4 is 10.4 Å². The second kappa shape index (κ2) is 9.48. The van der Waals surface area contributed by atoms with Crippen LogP contribution >= 0.6 is 0 Å². The molecule has 0 aromatic heterocycles. The fourth-order valence-electron chi connectivity index (χ4n) is 6.38. The van der Waals surface area contributed by atoms with Gasteiger partial charge in [0.25, 0.3) is 0 Å². The van der Waals surface area contributed by atoms with Crippen molar-refractivity contribution in [3.05, 3.63) is 105 Å². The third-order valence-electron chi connectivity index (χ3n) is 8.19. The summed E-state index contributed by atoms with van der Waals surface area (Å²) in [6.45, 7) is 8.11. The van der Waals surface area contributed by atoms with E-state index in [-0.39, 0.29) is 23.4 Å². The summed E-state index contributed by atoms with van der Waals surface area (Å²) in [7, 11) is -3.42. The summed E-state index contributed by atoms with van der Waals surface area (Å²) < 4.78 is 25.8. The first kappa shape index (κ1) is 24.7. The van der Waals surface area contributed by atoms with Crippen LogP contribution in [-0.4, -0.2) is 20.0 Å². The van der Waals surface area contributed by atoms with Crippen molar-refractivity contribution in [2.45, 2.75) is 58.8 Å². The second-order valence-corrected chi connectivity index (χ2v) is 12.3. The maximum atomic E-state index is 13.8. The van der Waals surface area contributed by atoms with E-state index in [4.69, 9.17) is 0 Å². The van der Waals surface area contributed by atoms with Crippen molar-refractivity contribution in [1.29, 1.82) is 0 Å². The van der Waals surface area contributed by atoms with Gasteiger partial charge in [-0.2, -0.15) is 0 Å². The molecule has 186 valence electrons. The molecule has 3 unspecified atom stereocenters. The molecule has 3 aliphatic carbocycles. The Kier molecular flexibility index (Phi) is 6.50. The van der Waals surface area contributed by atoms with Gasteiger partial charge in [0.2, 0.25) is 0 Å². The zero-order valence-electron chi connectivity index (χ0n) is 21.5. The van der Waals surface area contributed by atoms with Crippen LogP contribution in [0.4, 0.5) is 0 Å². The molecule has 0 heterocycles. The largest absolute Gasteiger partial charge is 0.289 e. The van der Waals surface area contributed by atoms with E-state index in [0.29, 0.717) is 21.6 Å². The van der Waals surface area contributed by atoms with Crippen molar-refractivity contribution in [2.75, 3.05) is 5.75 Å². The lowest BCUT2D eigenvalue weighted by Crippen LogP contribution is -2.36. The number of carbonyl (C=O) groups excluding carboxylic acids is 1. The number of rotatable bonds is 6. The number of fused-ring (bicyclic) bond motifs is 4. The molecule has 0 N–H and O–H groups in total. The lowest BCUT2D eigenvalue weighted by molar-refractivity contribution is 0.104. The number of allylic oxidation sites excluding steroid dienone is 5. The molecule has 0 fully saturated rings. The Labute approximate surface area is 214 Å². The van der Waals surface area contributed by atoms with Crippen LogP contribution in [0.5, 0.6) is 0 Å². The molecule has 0 saturated carbocycles. The van der Waals surface area contributed by atoms with E-state index >= 15 is 0 Å². The Morgan fingerprint density at radius 3 is 2.39 bits per heavy atom. The van der Waals surface area contributed by atoms with Crippen molar-refractivity contribution in [1.82, 2.24) is 0 Å². The normalized spacial score (nSPS) is 21.8. The first-order valence-electron chi connectivity index (χ1n) is 13.1. The topological polar surface area (TPSA) is 51.2 Å². The standard InChI is InChI=1S/C32H34O3S/c1-5-21-14-15-24(23(6-2)22-11-9-8-10-12-22)31-26-17-16-25-29(36(34,35)7-3)18-13-20(4)30(25)32(26)28(33)19-27(21)31/h8-14,16-20,23-24H,5-7,15H2,1-4H3. The first-order valence-corrected chi connectivity index (χ1v) is 14.8. The van der Waals surface area contributed by atoms with Gasteiger partial charge in [-0.1, -0.05) is 82.3 Å². The van der Waals surface area contributed by atoms with E-state index in [1.54, 1.807) is 13.0 Å². The highest BCUT2D eigenvalue weighted by Gasteiger charge is 2.35. The minimum absolute atomic E-state index is 0.0104. The van der Waals surface area contributed by atoms with E-state index < -0.39 is 9.84 Å². The van der Waals surface area contributed by atoms with Crippen LogP contribution in [0.2, 0.25) is 0 Å². The summed E-state index contributed by atoms with van der Waals surface area (Å²) >= 11 is 0. The smallest absolute Gasteiger partial charge is 0.187 e. The molecule has 3 atom stereocenters. The molecule has 0 saturated heterocycles. The summed E-state index contributed by atoms with van der Waals surface area (Å²) in [5.41, 5.74) is 6.43. The SMILES string of the molecule is CCC1=CCC(C(CC)c2ccccc2)C2=c3ccc4c(c3C(=O)C=C12)C(C)C=CC=4S(=O)(=O)CC. The van der Waals surface area contributed by atoms with Crippen molar-refractivity contribution >= 4 is 26.1 Å². The summed E-state index contributed by atoms with van der Waals surface area (Å²) in [5.74, 6) is 0.570. The van der Waals surface area contributed by atoms with Crippen LogP contribution in [0.3, 0.4) is 0 Å². The van der Waals surface area contributed by atoms with Gasteiger partial charge >= 0.3 is 0 Å². The number of benzene rings is 2. The van der Waals surface area contributed by atoms with E-state index in [1.165, 1.54) is 16.7 Å². The molecule has 0 radical (unpaired) electrons. The summed E-state index contributed by atoms with van der Waals surface area (Å²) in [5, 5.41) is 1.68. The highest BCUT2D eigenvalue weighted by molar-refractivity contribution is 8.00. The minimum atomic E-state index is -3.42. The maximum absolute atomic E-state index is 13.8. The van der Waals surface area contributed by atoms with Crippen LogP contribution in [0, 0.1) is 5.92 Å².